The van der Waals surface area contributed by atoms with Crippen LogP contribution >= 0.6 is 0 Å². The third-order valence-corrected chi connectivity index (χ3v) is 4.93. The number of hydrogen-bond donors (Lipinski definition) is 1. The van der Waals surface area contributed by atoms with Gasteiger partial charge in [-0.15, -0.1) is 0 Å². The first-order valence-electron chi connectivity index (χ1n) is 8.15. The molecule has 1 fully saturated rings. The molecule has 0 spiro atoms. The molecule has 0 bridgehead atoms. The van der Waals surface area contributed by atoms with Gasteiger partial charge in [0.05, 0.1) is 0 Å². The largest absolute Gasteiger partial charge is 0.461 e. The molecule has 1 heterocycles. The number of aryl methyl sites for hydroxylation is 1. The molecule has 0 saturated heterocycles. The minimum absolute atomic E-state index is 0.413. The molecule has 2 N–H and O–H groups in total. The first kappa shape index (κ1) is 14.6. The van der Waals surface area contributed by atoms with Gasteiger partial charge in [-0.1, -0.05) is 25.1 Å². The normalized spacial score (nSPS) is 23.0. The van der Waals surface area contributed by atoms with Crippen LogP contribution in [-0.4, -0.2) is 23.5 Å². The average Bonchev–Trinajstić information content (AvgIpc) is 2.81. The Morgan fingerprint density at radius 2 is 1.90 bits per heavy atom. The summed E-state index contributed by atoms with van der Waals surface area (Å²) in [5, 5.41) is 1.26. The number of nitrogens with zero attached hydrogens (tertiary/aromatic N) is 1. The SMILES string of the molecule is CCN(Cc1c(C)oc2ccccc12)C1CCC(N)CC1. The van der Waals surface area contributed by atoms with E-state index in [0.717, 1.165) is 37.3 Å². The summed E-state index contributed by atoms with van der Waals surface area (Å²) in [6.45, 7) is 6.41. The molecule has 3 rings (SSSR count). The fourth-order valence-electron chi connectivity index (χ4n) is 3.59. The Bertz CT molecular complexity index is 596. The van der Waals surface area contributed by atoms with Crippen LogP contribution in [0.5, 0.6) is 0 Å². The number of nitrogens with two attached hydrogens (primary N) is 1. The van der Waals surface area contributed by atoms with Crippen molar-refractivity contribution in [2.45, 2.75) is 58.2 Å². The maximum Gasteiger partial charge on any atom is 0.134 e. The van der Waals surface area contributed by atoms with E-state index in [1.54, 1.807) is 0 Å². The number of para-hydroxylation sites is 1. The van der Waals surface area contributed by atoms with Gasteiger partial charge in [0, 0.05) is 29.6 Å². The van der Waals surface area contributed by atoms with Crippen LogP contribution in [0.3, 0.4) is 0 Å². The number of rotatable bonds is 4. The van der Waals surface area contributed by atoms with E-state index in [-0.39, 0.29) is 0 Å². The van der Waals surface area contributed by atoms with E-state index in [4.69, 9.17) is 10.2 Å². The first-order chi connectivity index (χ1) is 10.2. The van der Waals surface area contributed by atoms with Crippen molar-refractivity contribution < 1.29 is 4.42 Å². The summed E-state index contributed by atoms with van der Waals surface area (Å²) in [5.74, 6) is 1.06. The van der Waals surface area contributed by atoms with E-state index >= 15 is 0 Å². The lowest BCUT2D eigenvalue weighted by molar-refractivity contribution is 0.149. The van der Waals surface area contributed by atoms with Gasteiger partial charge >= 0.3 is 0 Å². The molecule has 0 aliphatic heterocycles. The van der Waals surface area contributed by atoms with E-state index < -0.39 is 0 Å². The minimum Gasteiger partial charge on any atom is -0.461 e. The average molecular weight is 286 g/mol. The number of benzene rings is 1. The van der Waals surface area contributed by atoms with Gasteiger partial charge in [-0.3, -0.25) is 4.90 Å². The molecule has 1 aliphatic carbocycles. The fraction of sp³-hybridized carbons (Fsp3) is 0.556. The summed E-state index contributed by atoms with van der Waals surface area (Å²) < 4.78 is 5.90. The highest BCUT2D eigenvalue weighted by molar-refractivity contribution is 5.82. The zero-order valence-corrected chi connectivity index (χ0v) is 13.1. The third-order valence-electron chi connectivity index (χ3n) is 4.93. The summed E-state index contributed by atoms with van der Waals surface area (Å²) in [7, 11) is 0. The molecule has 3 heteroatoms. The maximum atomic E-state index is 6.04. The van der Waals surface area contributed by atoms with E-state index in [0.29, 0.717) is 12.1 Å². The van der Waals surface area contributed by atoms with Crippen LogP contribution < -0.4 is 5.73 Å². The summed E-state index contributed by atoms with van der Waals surface area (Å²) in [6, 6.07) is 9.44. The predicted molar refractivity (Wildman–Crippen MR) is 87.3 cm³/mol. The van der Waals surface area contributed by atoms with Crippen LogP contribution in [0.4, 0.5) is 0 Å². The topological polar surface area (TPSA) is 42.4 Å². The van der Waals surface area contributed by atoms with E-state index in [1.165, 1.54) is 23.8 Å². The molecule has 1 aromatic heterocycles. The lowest BCUT2D eigenvalue weighted by atomic mass is 9.90. The van der Waals surface area contributed by atoms with Crippen LogP contribution in [0.2, 0.25) is 0 Å². The highest BCUT2D eigenvalue weighted by Crippen LogP contribution is 2.29. The molecule has 21 heavy (non-hydrogen) atoms. The van der Waals surface area contributed by atoms with Crippen LogP contribution in [0.15, 0.2) is 28.7 Å². The van der Waals surface area contributed by atoms with Gasteiger partial charge in [0.2, 0.25) is 0 Å². The van der Waals surface area contributed by atoms with Crippen molar-refractivity contribution in [3.63, 3.8) is 0 Å². The molecular weight excluding hydrogens is 260 g/mol. The molecule has 0 radical (unpaired) electrons. The maximum absolute atomic E-state index is 6.04. The van der Waals surface area contributed by atoms with Crippen molar-refractivity contribution in [3.05, 3.63) is 35.6 Å². The highest BCUT2D eigenvalue weighted by Gasteiger charge is 2.24. The Kier molecular flexibility index (Phi) is 4.32. The Labute approximate surface area is 127 Å². The second kappa shape index (κ2) is 6.20. The summed E-state index contributed by atoms with van der Waals surface area (Å²) in [4.78, 5) is 2.59. The van der Waals surface area contributed by atoms with Crippen LogP contribution in [-0.2, 0) is 6.54 Å². The van der Waals surface area contributed by atoms with Crippen molar-refractivity contribution in [3.8, 4) is 0 Å². The van der Waals surface area contributed by atoms with Gasteiger partial charge in [-0.2, -0.15) is 0 Å². The van der Waals surface area contributed by atoms with Gasteiger partial charge in [0.1, 0.15) is 11.3 Å². The lowest BCUT2D eigenvalue weighted by Gasteiger charge is -2.35. The van der Waals surface area contributed by atoms with Gasteiger partial charge in [-0.05, 0) is 45.2 Å². The fourth-order valence-corrected chi connectivity index (χ4v) is 3.59. The molecule has 1 aromatic carbocycles. The molecular formula is C18H26N2O. The van der Waals surface area contributed by atoms with Crippen LogP contribution in [0, 0.1) is 6.92 Å². The predicted octanol–water partition coefficient (Wildman–Crippen LogP) is 3.83. The van der Waals surface area contributed by atoms with Gasteiger partial charge in [0.25, 0.3) is 0 Å². The molecule has 114 valence electrons. The standard InChI is InChI=1S/C18H26N2O/c1-3-20(15-10-8-14(19)9-11-15)12-17-13(2)21-18-7-5-4-6-16(17)18/h4-7,14-15H,3,8-12,19H2,1-2H3. The monoisotopic (exact) mass is 286 g/mol. The molecule has 0 unspecified atom stereocenters. The zero-order chi connectivity index (χ0) is 14.8. The molecule has 2 aromatic rings. The Hall–Kier alpha value is -1.32. The van der Waals surface area contributed by atoms with E-state index in [1.807, 2.05) is 6.07 Å². The molecule has 0 amide bonds. The van der Waals surface area contributed by atoms with Crippen molar-refractivity contribution in [2.75, 3.05) is 6.54 Å². The van der Waals surface area contributed by atoms with Crippen molar-refractivity contribution >= 4 is 11.0 Å². The zero-order valence-electron chi connectivity index (χ0n) is 13.1. The summed E-state index contributed by atoms with van der Waals surface area (Å²) >= 11 is 0. The number of furan rings is 1. The molecule has 3 nitrogen and oxygen atoms in total. The second-order valence-electron chi connectivity index (χ2n) is 6.26. The van der Waals surface area contributed by atoms with Crippen molar-refractivity contribution in [2.24, 2.45) is 5.73 Å². The smallest absolute Gasteiger partial charge is 0.134 e. The summed E-state index contributed by atoms with van der Waals surface area (Å²) in [6.07, 6.45) is 4.77. The number of hydrogen-bond acceptors (Lipinski definition) is 3. The van der Waals surface area contributed by atoms with Crippen molar-refractivity contribution in [1.29, 1.82) is 0 Å². The Morgan fingerprint density at radius 3 is 2.62 bits per heavy atom. The lowest BCUT2D eigenvalue weighted by Crippen LogP contribution is -2.40. The van der Waals surface area contributed by atoms with Crippen LogP contribution in [0.25, 0.3) is 11.0 Å². The van der Waals surface area contributed by atoms with Gasteiger partial charge < -0.3 is 10.2 Å². The van der Waals surface area contributed by atoms with E-state index in [9.17, 15) is 0 Å². The highest BCUT2D eigenvalue weighted by atomic mass is 16.3. The van der Waals surface area contributed by atoms with Gasteiger partial charge in [0.15, 0.2) is 0 Å². The Balaban J connectivity index is 1.81. The second-order valence-corrected chi connectivity index (χ2v) is 6.26. The third kappa shape index (κ3) is 2.99. The quantitative estimate of drug-likeness (QED) is 0.928. The minimum atomic E-state index is 0.413. The molecule has 0 atom stereocenters. The number of fused-ring (bicyclic) bond motifs is 1. The Morgan fingerprint density at radius 1 is 1.19 bits per heavy atom. The molecule has 1 saturated carbocycles. The van der Waals surface area contributed by atoms with Crippen molar-refractivity contribution in [1.82, 2.24) is 4.90 Å². The summed E-state index contributed by atoms with van der Waals surface area (Å²) in [5.41, 5.74) is 8.40. The van der Waals surface area contributed by atoms with Gasteiger partial charge in [-0.25, -0.2) is 0 Å². The first-order valence-corrected chi connectivity index (χ1v) is 8.15. The molecule has 1 aliphatic rings. The van der Waals surface area contributed by atoms with Crippen LogP contribution in [0.1, 0.15) is 43.9 Å². The van der Waals surface area contributed by atoms with E-state index in [2.05, 4.69) is 36.9 Å².